The van der Waals surface area contributed by atoms with Crippen LogP contribution < -0.4 is 5.32 Å². The molecule has 0 spiro atoms. The Hall–Kier alpha value is -1.87. The van der Waals surface area contributed by atoms with Crippen molar-refractivity contribution in [2.75, 3.05) is 13.2 Å². The smallest absolute Gasteiger partial charge is 0.0876 e. The van der Waals surface area contributed by atoms with Gasteiger partial charge >= 0.3 is 0 Å². The van der Waals surface area contributed by atoms with E-state index in [4.69, 9.17) is 4.74 Å². The van der Waals surface area contributed by atoms with E-state index in [2.05, 4.69) is 41.5 Å². The van der Waals surface area contributed by atoms with Gasteiger partial charge in [0, 0.05) is 11.6 Å². The minimum absolute atomic E-state index is 0.241. The predicted octanol–water partition coefficient (Wildman–Crippen LogP) is 3.58. The van der Waals surface area contributed by atoms with Gasteiger partial charge in [0.15, 0.2) is 0 Å². The fourth-order valence-corrected chi connectivity index (χ4v) is 2.74. The first-order valence-electron chi connectivity index (χ1n) is 7.27. The summed E-state index contributed by atoms with van der Waals surface area (Å²) in [6, 6.07) is 10.8. The van der Waals surface area contributed by atoms with Gasteiger partial charge < -0.3 is 10.1 Å². The highest BCUT2D eigenvalue weighted by Gasteiger charge is 2.18. The first-order valence-corrected chi connectivity index (χ1v) is 7.27. The molecule has 0 aliphatic carbocycles. The monoisotopic (exact) mass is 268 g/mol. The number of likely N-dealkylation sites (N-methyl/N-ethyl adjacent to an activating group) is 1. The molecule has 1 aliphatic heterocycles. The summed E-state index contributed by atoms with van der Waals surface area (Å²) in [6.45, 7) is 3.91. The number of ether oxygens (including phenoxy) is 1. The van der Waals surface area contributed by atoms with E-state index >= 15 is 0 Å². The molecule has 1 atom stereocenters. The van der Waals surface area contributed by atoms with Crippen LogP contribution in [-0.2, 0) is 4.74 Å². The Morgan fingerprint density at radius 1 is 1.35 bits per heavy atom. The highest BCUT2D eigenvalue weighted by Crippen LogP contribution is 2.29. The van der Waals surface area contributed by atoms with Crippen LogP contribution in [0.4, 0.5) is 0 Å². The van der Waals surface area contributed by atoms with Gasteiger partial charge in [-0.3, -0.25) is 4.98 Å². The molecule has 1 aromatic heterocycles. The van der Waals surface area contributed by atoms with Crippen molar-refractivity contribution in [3.63, 3.8) is 0 Å². The van der Waals surface area contributed by atoms with Gasteiger partial charge in [0.1, 0.15) is 0 Å². The van der Waals surface area contributed by atoms with Gasteiger partial charge in [-0.25, -0.2) is 0 Å². The Kier molecular flexibility index (Phi) is 3.97. The number of hydrogen-bond donors (Lipinski definition) is 1. The van der Waals surface area contributed by atoms with Crippen LogP contribution in [0, 0.1) is 0 Å². The van der Waals surface area contributed by atoms with E-state index in [1.54, 1.807) is 0 Å². The second-order valence-corrected chi connectivity index (χ2v) is 5.11. The predicted molar refractivity (Wildman–Crippen MR) is 81.4 cm³/mol. The lowest BCUT2D eigenvalue weighted by Gasteiger charge is -2.24. The zero-order valence-electron chi connectivity index (χ0n) is 11.8. The number of benzene rings is 1. The zero-order valence-corrected chi connectivity index (χ0v) is 11.8. The van der Waals surface area contributed by atoms with Gasteiger partial charge in [-0.2, -0.15) is 0 Å². The molecule has 0 radical (unpaired) electrons. The van der Waals surface area contributed by atoms with Crippen LogP contribution >= 0.6 is 0 Å². The summed E-state index contributed by atoms with van der Waals surface area (Å²) in [5, 5.41) is 4.75. The molecule has 1 N–H and O–H groups in total. The van der Waals surface area contributed by atoms with Crippen molar-refractivity contribution >= 4 is 10.9 Å². The van der Waals surface area contributed by atoms with E-state index in [0.29, 0.717) is 0 Å². The van der Waals surface area contributed by atoms with Crippen molar-refractivity contribution < 1.29 is 4.74 Å². The Balaban J connectivity index is 1.97. The molecule has 1 aromatic carbocycles. The third kappa shape index (κ3) is 2.68. The summed E-state index contributed by atoms with van der Waals surface area (Å²) in [7, 11) is 0. The topological polar surface area (TPSA) is 34.1 Å². The van der Waals surface area contributed by atoms with E-state index in [0.717, 1.165) is 31.5 Å². The van der Waals surface area contributed by atoms with Crippen LogP contribution in [0.2, 0.25) is 0 Å². The highest BCUT2D eigenvalue weighted by molar-refractivity contribution is 5.79. The number of pyridine rings is 1. The van der Waals surface area contributed by atoms with Crippen LogP contribution in [-0.4, -0.2) is 18.1 Å². The number of nitrogens with one attached hydrogen (secondary N) is 1. The molecular weight excluding hydrogens is 248 g/mol. The van der Waals surface area contributed by atoms with E-state index in [1.807, 2.05) is 18.5 Å². The van der Waals surface area contributed by atoms with Crippen molar-refractivity contribution in [1.82, 2.24) is 10.3 Å². The maximum absolute atomic E-state index is 5.50. The van der Waals surface area contributed by atoms with Crippen molar-refractivity contribution in [1.29, 1.82) is 0 Å². The summed E-state index contributed by atoms with van der Waals surface area (Å²) >= 11 is 0. The molecular formula is C17H20N2O. The van der Waals surface area contributed by atoms with Crippen molar-refractivity contribution in [2.45, 2.75) is 25.8 Å². The number of fused-ring (bicyclic) bond motifs is 1. The van der Waals surface area contributed by atoms with Gasteiger partial charge in [0.25, 0.3) is 0 Å². The Morgan fingerprint density at radius 2 is 2.30 bits per heavy atom. The molecule has 0 saturated heterocycles. The molecule has 104 valence electrons. The number of aromatic nitrogens is 1. The summed E-state index contributed by atoms with van der Waals surface area (Å²) in [5.74, 6) is 0. The lowest BCUT2D eigenvalue weighted by molar-refractivity contribution is 0.219. The molecule has 1 aliphatic rings. The highest BCUT2D eigenvalue weighted by atomic mass is 16.5. The lowest BCUT2D eigenvalue weighted by Crippen LogP contribution is -2.24. The second-order valence-electron chi connectivity index (χ2n) is 5.11. The van der Waals surface area contributed by atoms with Gasteiger partial charge in [0.05, 0.1) is 24.4 Å². The molecule has 2 heterocycles. The largest absolute Gasteiger partial charge is 0.501 e. The number of rotatable bonds is 4. The molecule has 0 bridgehead atoms. The van der Waals surface area contributed by atoms with E-state index in [-0.39, 0.29) is 6.04 Å². The van der Waals surface area contributed by atoms with E-state index in [9.17, 15) is 0 Å². The molecule has 3 nitrogen and oxygen atoms in total. The Bertz CT molecular complexity index is 621. The maximum Gasteiger partial charge on any atom is 0.0876 e. The van der Waals surface area contributed by atoms with Crippen LogP contribution in [0.3, 0.4) is 0 Å². The third-order valence-corrected chi connectivity index (χ3v) is 3.70. The third-order valence-electron chi connectivity index (χ3n) is 3.70. The molecule has 2 aromatic rings. The van der Waals surface area contributed by atoms with Gasteiger partial charge in [-0.15, -0.1) is 0 Å². The van der Waals surface area contributed by atoms with E-state index in [1.165, 1.54) is 16.5 Å². The zero-order chi connectivity index (χ0) is 13.8. The first kappa shape index (κ1) is 13.1. The first-order chi connectivity index (χ1) is 9.88. The standard InChI is InChI=1S/C17H20N2O/c1-2-18-17(15-6-4-10-20-12-15)14-7-8-16-13(11-14)5-3-9-19-16/h3,5,7-9,11-12,17-18H,2,4,6,10H2,1H3. The quantitative estimate of drug-likeness (QED) is 0.920. The normalized spacial score (nSPS) is 16.6. The summed E-state index contributed by atoms with van der Waals surface area (Å²) in [5.41, 5.74) is 3.66. The van der Waals surface area contributed by atoms with Crippen LogP contribution in [0.1, 0.15) is 31.4 Å². The summed E-state index contributed by atoms with van der Waals surface area (Å²) in [4.78, 5) is 4.38. The molecule has 1 unspecified atom stereocenters. The van der Waals surface area contributed by atoms with Gasteiger partial charge in [0.2, 0.25) is 0 Å². The molecule has 3 heteroatoms. The SMILES string of the molecule is CCNC(C1=COCCC1)c1ccc2ncccc2c1. The van der Waals surface area contributed by atoms with Crippen molar-refractivity contribution in [3.8, 4) is 0 Å². The average Bonchev–Trinajstić information content (AvgIpc) is 2.53. The van der Waals surface area contributed by atoms with Crippen LogP contribution in [0.15, 0.2) is 48.4 Å². The fraction of sp³-hybridized carbons (Fsp3) is 0.353. The Morgan fingerprint density at radius 3 is 3.10 bits per heavy atom. The minimum Gasteiger partial charge on any atom is -0.501 e. The molecule has 0 saturated carbocycles. The minimum atomic E-state index is 0.241. The molecule has 0 fully saturated rings. The van der Waals surface area contributed by atoms with Crippen LogP contribution in [0.25, 0.3) is 10.9 Å². The van der Waals surface area contributed by atoms with Gasteiger partial charge in [-0.1, -0.05) is 19.1 Å². The average molecular weight is 268 g/mol. The summed E-state index contributed by atoms with van der Waals surface area (Å²) in [6.07, 6.45) is 5.97. The number of nitrogens with zero attached hydrogens (tertiary/aromatic N) is 1. The maximum atomic E-state index is 5.50. The number of hydrogen-bond acceptors (Lipinski definition) is 3. The molecule has 0 amide bonds. The lowest BCUT2D eigenvalue weighted by atomic mass is 9.94. The van der Waals surface area contributed by atoms with Crippen LogP contribution in [0.5, 0.6) is 0 Å². The van der Waals surface area contributed by atoms with E-state index < -0.39 is 0 Å². The fourth-order valence-electron chi connectivity index (χ4n) is 2.74. The van der Waals surface area contributed by atoms with Crippen molar-refractivity contribution in [3.05, 3.63) is 53.9 Å². The van der Waals surface area contributed by atoms with Gasteiger partial charge in [-0.05, 0) is 48.7 Å². The molecule has 3 rings (SSSR count). The van der Waals surface area contributed by atoms with Crippen molar-refractivity contribution in [2.24, 2.45) is 0 Å². The Labute approximate surface area is 119 Å². The summed E-state index contributed by atoms with van der Waals surface area (Å²) < 4.78 is 5.50. The molecule has 20 heavy (non-hydrogen) atoms. The second kappa shape index (κ2) is 6.06.